The van der Waals surface area contributed by atoms with Crippen molar-refractivity contribution >= 4 is 23.2 Å². The molecule has 5 nitrogen and oxygen atoms in total. The number of nitro groups is 1. The van der Waals surface area contributed by atoms with Crippen LogP contribution >= 0.6 is 11.6 Å². The summed E-state index contributed by atoms with van der Waals surface area (Å²) >= 11 is 5.97. The number of halogens is 1. The molecule has 6 heteroatoms. The van der Waals surface area contributed by atoms with E-state index in [1.807, 2.05) is 0 Å². The molecule has 0 aromatic heterocycles. The first-order chi connectivity index (χ1) is 7.02. The maximum absolute atomic E-state index is 11.4. The van der Waals surface area contributed by atoms with Crippen molar-refractivity contribution in [2.24, 2.45) is 0 Å². The lowest BCUT2D eigenvalue weighted by Crippen LogP contribution is -2.13. The van der Waals surface area contributed by atoms with Crippen molar-refractivity contribution in [3.8, 4) is 0 Å². The summed E-state index contributed by atoms with van der Waals surface area (Å²) in [5.41, 5.74) is 1.05. The third-order valence-corrected chi connectivity index (χ3v) is 2.90. The average Bonchev–Trinajstić information content (AvgIpc) is 2.54. The fourth-order valence-electron chi connectivity index (χ4n) is 1.66. The molecule has 0 aliphatic carbocycles. The second-order valence-electron chi connectivity index (χ2n) is 3.32. The van der Waals surface area contributed by atoms with E-state index in [0.29, 0.717) is 16.1 Å². The zero-order chi connectivity index (χ0) is 11.2. The predicted octanol–water partition coefficient (Wildman–Crippen LogP) is 1.80. The van der Waals surface area contributed by atoms with Gasteiger partial charge in [0.15, 0.2) is 0 Å². The molecule has 0 radical (unpaired) electrons. The summed E-state index contributed by atoms with van der Waals surface area (Å²) in [4.78, 5) is 21.6. The molecule has 0 saturated heterocycles. The van der Waals surface area contributed by atoms with Gasteiger partial charge in [-0.2, -0.15) is 0 Å². The highest BCUT2D eigenvalue weighted by molar-refractivity contribution is 6.33. The number of aryl methyl sites for hydroxylation is 1. The van der Waals surface area contributed by atoms with Gasteiger partial charge in [-0.15, -0.1) is 0 Å². The zero-order valence-corrected chi connectivity index (χ0v) is 8.59. The van der Waals surface area contributed by atoms with Crippen LogP contribution in [0.2, 0.25) is 5.02 Å². The molecule has 1 aromatic carbocycles. The number of fused-ring (bicyclic) bond motifs is 1. The second-order valence-corrected chi connectivity index (χ2v) is 3.70. The molecule has 15 heavy (non-hydrogen) atoms. The molecule has 0 atom stereocenters. The molecule has 1 amide bonds. The van der Waals surface area contributed by atoms with Crippen LogP contribution in [-0.4, -0.2) is 10.8 Å². The van der Waals surface area contributed by atoms with Crippen molar-refractivity contribution in [2.45, 2.75) is 13.5 Å². The van der Waals surface area contributed by atoms with Crippen LogP contribution in [0, 0.1) is 17.0 Å². The number of carbonyl (C=O) groups is 1. The fraction of sp³-hybridized carbons (Fsp3) is 0.222. The summed E-state index contributed by atoms with van der Waals surface area (Å²) in [7, 11) is 0. The van der Waals surface area contributed by atoms with E-state index in [0.717, 1.165) is 0 Å². The summed E-state index contributed by atoms with van der Waals surface area (Å²) in [6, 6.07) is 1.33. The third-order valence-electron chi connectivity index (χ3n) is 2.37. The van der Waals surface area contributed by atoms with Crippen LogP contribution in [0.25, 0.3) is 0 Å². The number of nitrogens with one attached hydrogen (secondary N) is 1. The highest BCUT2D eigenvalue weighted by Crippen LogP contribution is 2.34. The maximum Gasteiger partial charge on any atom is 0.282 e. The summed E-state index contributed by atoms with van der Waals surface area (Å²) in [6.07, 6.45) is 0. The Morgan fingerprint density at radius 2 is 2.27 bits per heavy atom. The molecule has 78 valence electrons. The Hall–Kier alpha value is -1.62. The minimum Gasteiger partial charge on any atom is -0.348 e. The highest BCUT2D eigenvalue weighted by atomic mass is 35.5. The van der Waals surface area contributed by atoms with Gasteiger partial charge in [0, 0.05) is 23.2 Å². The topological polar surface area (TPSA) is 72.2 Å². The normalized spacial score (nSPS) is 13.6. The molecule has 2 rings (SSSR count). The Kier molecular flexibility index (Phi) is 2.12. The third kappa shape index (κ3) is 1.35. The number of nitrogens with zero attached hydrogens (tertiary/aromatic N) is 1. The Balaban J connectivity index is 2.79. The molecular formula is C9H7ClN2O3. The highest BCUT2D eigenvalue weighted by Gasteiger charge is 2.31. The van der Waals surface area contributed by atoms with E-state index < -0.39 is 10.8 Å². The van der Waals surface area contributed by atoms with E-state index in [2.05, 4.69) is 5.32 Å². The molecule has 1 aliphatic rings. The van der Waals surface area contributed by atoms with E-state index in [4.69, 9.17) is 11.6 Å². The standard InChI is InChI=1S/C9H7ClN2O3/c1-4-2-6(12(14)15)7-5(8(4)10)3-11-9(7)13/h2H,3H2,1H3,(H,11,13). The smallest absolute Gasteiger partial charge is 0.282 e. The first kappa shape index (κ1) is 9.92. The number of benzene rings is 1. The second kappa shape index (κ2) is 3.20. The molecule has 0 fully saturated rings. The van der Waals surface area contributed by atoms with Gasteiger partial charge in [0.05, 0.1) is 4.92 Å². The number of amides is 1. The summed E-state index contributed by atoms with van der Waals surface area (Å²) in [5.74, 6) is -0.432. The van der Waals surface area contributed by atoms with Gasteiger partial charge in [-0.1, -0.05) is 11.6 Å². The molecule has 0 saturated carbocycles. The largest absolute Gasteiger partial charge is 0.348 e. The SMILES string of the molecule is Cc1cc([N+](=O)[O-])c2c(c1Cl)CNC2=O. The van der Waals surface area contributed by atoms with E-state index in [1.165, 1.54) is 6.07 Å². The van der Waals surface area contributed by atoms with Gasteiger partial charge in [-0.25, -0.2) is 0 Å². The van der Waals surface area contributed by atoms with Crippen LogP contribution in [0.5, 0.6) is 0 Å². The lowest BCUT2D eigenvalue weighted by Gasteiger charge is -2.04. The van der Waals surface area contributed by atoms with E-state index >= 15 is 0 Å². The van der Waals surface area contributed by atoms with Crippen molar-refractivity contribution in [3.05, 3.63) is 37.9 Å². The first-order valence-electron chi connectivity index (χ1n) is 4.27. The monoisotopic (exact) mass is 226 g/mol. The molecular weight excluding hydrogens is 220 g/mol. The number of nitro benzene ring substituents is 1. The lowest BCUT2D eigenvalue weighted by atomic mass is 10.0. The number of hydrogen-bond acceptors (Lipinski definition) is 3. The molecule has 1 aliphatic heterocycles. The minimum atomic E-state index is -0.562. The summed E-state index contributed by atoms with van der Waals surface area (Å²) in [5, 5.41) is 13.7. The zero-order valence-electron chi connectivity index (χ0n) is 7.83. The van der Waals surface area contributed by atoms with Crippen LogP contribution in [0.4, 0.5) is 5.69 Å². The predicted molar refractivity (Wildman–Crippen MR) is 54.0 cm³/mol. The molecule has 0 spiro atoms. The Morgan fingerprint density at radius 1 is 1.60 bits per heavy atom. The Bertz CT molecular complexity index is 485. The van der Waals surface area contributed by atoms with Crippen molar-refractivity contribution < 1.29 is 9.72 Å². The Labute approximate surface area is 90.2 Å². The van der Waals surface area contributed by atoms with Crippen molar-refractivity contribution in [2.75, 3.05) is 0 Å². The molecule has 1 heterocycles. The van der Waals surface area contributed by atoms with Crippen molar-refractivity contribution in [3.63, 3.8) is 0 Å². The molecule has 0 unspecified atom stereocenters. The lowest BCUT2D eigenvalue weighted by molar-refractivity contribution is -0.385. The van der Waals surface area contributed by atoms with Crippen LogP contribution in [-0.2, 0) is 6.54 Å². The van der Waals surface area contributed by atoms with E-state index in [1.54, 1.807) is 6.92 Å². The summed E-state index contributed by atoms with van der Waals surface area (Å²) in [6.45, 7) is 1.94. The molecule has 1 N–H and O–H groups in total. The van der Waals surface area contributed by atoms with Crippen LogP contribution in [0.3, 0.4) is 0 Å². The maximum atomic E-state index is 11.4. The van der Waals surface area contributed by atoms with Crippen molar-refractivity contribution in [1.82, 2.24) is 5.32 Å². The average molecular weight is 227 g/mol. The number of rotatable bonds is 1. The van der Waals surface area contributed by atoms with E-state index in [-0.39, 0.29) is 17.8 Å². The molecule has 1 aromatic rings. The van der Waals surface area contributed by atoms with Crippen molar-refractivity contribution in [1.29, 1.82) is 0 Å². The van der Waals surface area contributed by atoms with Gasteiger partial charge in [0.1, 0.15) is 5.56 Å². The van der Waals surface area contributed by atoms with Gasteiger partial charge in [-0.3, -0.25) is 14.9 Å². The van der Waals surface area contributed by atoms with Crippen LogP contribution in [0.15, 0.2) is 6.07 Å². The van der Waals surface area contributed by atoms with Gasteiger partial charge in [0.2, 0.25) is 0 Å². The van der Waals surface area contributed by atoms with Gasteiger partial charge >= 0.3 is 0 Å². The van der Waals surface area contributed by atoms with Crippen LogP contribution < -0.4 is 5.32 Å². The van der Waals surface area contributed by atoms with Gasteiger partial charge in [-0.05, 0) is 12.5 Å². The van der Waals surface area contributed by atoms with Gasteiger partial charge < -0.3 is 5.32 Å². The van der Waals surface area contributed by atoms with Gasteiger partial charge in [0.25, 0.3) is 11.6 Å². The van der Waals surface area contributed by atoms with Crippen LogP contribution in [0.1, 0.15) is 21.5 Å². The van der Waals surface area contributed by atoms with E-state index in [9.17, 15) is 14.9 Å². The number of hydrogen-bond donors (Lipinski definition) is 1. The fourth-order valence-corrected chi connectivity index (χ4v) is 1.88. The Morgan fingerprint density at radius 3 is 2.87 bits per heavy atom. The molecule has 0 bridgehead atoms. The minimum absolute atomic E-state index is 0.0931. The number of carbonyl (C=O) groups excluding carboxylic acids is 1. The first-order valence-corrected chi connectivity index (χ1v) is 4.64. The quantitative estimate of drug-likeness (QED) is 0.586. The summed E-state index contributed by atoms with van der Waals surface area (Å²) < 4.78 is 0.